The molecule has 2 aromatic rings. The van der Waals surface area contributed by atoms with Crippen LogP contribution in [0.2, 0.25) is 0 Å². The molecular formula is C12H11FN2O2. The van der Waals surface area contributed by atoms with Crippen LogP contribution in [0.15, 0.2) is 24.4 Å². The predicted molar refractivity (Wildman–Crippen MR) is 60.3 cm³/mol. The summed E-state index contributed by atoms with van der Waals surface area (Å²) in [5.74, 6) is -1.48. The Balaban J connectivity index is 2.69. The van der Waals surface area contributed by atoms with Crippen molar-refractivity contribution in [3.8, 4) is 11.3 Å². The zero-order chi connectivity index (χ0) is 12.6. The average molecular weight is 234 g/mol. The van der Waals surface area contributed by atoms with Crippen LogP contribution in [0, 0.1) is 12.7 Å². The first-order valence-electron chi connectivity index (χ1n) is 5.03. The molecule has 5 heteroatoms. The summed E-state index contributed by atoms with van der Waals surface area (Å²) in [4.78, 5) is 11.0. The highest BCUT2D eigenvalue weighted by molar-refractivity contribution is 5.91. The molecule has 0 aliphatic carbocycles. The zero-order valence-electron chi connectivity index (χ0n) is 9.44. The second-order valence-corrected chi connectivity index (χ2v) is 3.75. The van der Waals surface area contributed by atoms with Gasteiger partial charge in [0, 0.05) is 12.6 Å². The molecule has 1 aromatic heterocycles. The third kappa shape index (κ3) is 1.80. The molecule has 1 aromatic carbocycles. The summed E-state index contributed by atoms with van der Waals surface area (Å²) < 4.78 is 15.0. The van der Waals surface area contributed by atoms with E-state index in [4.69, 9.17) is 5.11 Å². The second-order valence-electron chi connectivity index (χ2n) is 3.75. The van der Waals surface area contributed by atoms with Gasteiger partial charge in [0.25, 0.3) is 0 Å². The van der Waals surface area contributed by atoms with Gasteiger partial charge in [-0.2, -0.15) is 5.10 Å². The largest absolute Gasteiger partial charge is 0.478 e. The van der Waals surface area contributed by atoms with Gasteiger partial charge in [0.1, 0.15) is 5.69 Å². The van der Waals surface area contributed by atoms with E-state index < -0.39 is 11.8 Å². The molecule has 0 atom stereocenters. The van der Waals surface area contributed by atoms with E-state index >= 15 is 0 Å². The molecule has 0 saturated heterocycles. The number of rotatable bonds is 2. The van der Waals surface area contributed by atoms with E-state index in [1.54, 1.807) is 26.1 Å². The van der Waals surface area contributed by atoms with Crippen LogP contribution >= 0.6 is 0 Å². The first-order chi connectivity index (χ1) is 8.02. The summed E-state index contributed by atoms with van der Waals surface area (Å²) >= 11 is 0. The maximum absolute atomic E-state index is 13.6. The van der Waals surface area contributed by atoms with E-state index in [1.807, 2.05) is 0 Å². The van der Waals surface area contributed by atoms with E-state index in [1.165, 1.54) is 10.7 Å². The quantitative estimate of drug-likeness (QED) is 0.866. The summed E-state index contributed by atoms with van der Waals surface area (Å²) in [5.41, 5.74) is 1.54. The maximum atomic E-state index is 13.6. The molecule has 0 bridgehead atoms. The lowest BCUT2D eigenvalue weighted by atomic mass is 10.00. The fraction of sp³-hybridized carbons (Fsp3) is 0.167. The smallest absolute Gasteiger partial charge is 0.335 e. The number of aromatic carboxylic acids is 1. The molecule has 0 radical (unpaired) electrons. The highest BCUT2D eigenvalue weighted by atomic mass is 19.1. The van der Waals surface area contributed by atoms with E-state index in [9.17, 15) is 9.18 Å². The van der Waals surface area contributed by atoms with Crippen molar-refractivity contribution in [1.29, 1.82) is 0 Å². The number of carbonyl (C=O) groups is 1. The number of carboxylic acid groups (broad SMARTS) is 1. The number of aromatic nitrogens is 2. The topological polar surface area (TPSA) is 55.1 Å². The van der Waals surface area contributed by atoms with Crippen LogP contribution in [0.5, 0.6) is 0 Å². The molecule has 4 nitrogen and oxygen atoms in total. The summed E-state index contributed by atoms with van der Waals surface area (Å²) in [6, 6.07) is 4.77. The van der Waals surface area contributed by atoms with Crippen molar-refractivity contribution >= 4 is 5.97 Å². The van der Waals surface area contributed by atoms with Gasteiger partial charge in [-0.05, 0) is 18.6 Å². The molecule has 0 aliphatic heterocycles. The number of benzene rings is 1. The van der Waals surface area contributed by atoms with Crippen LogP contribution in [0.4, 0.5) is 4.39 Å². The van der Waals surface area contributed by atoms with E-state index in [0.717, 1.165) is 6.20 Å². The Morgan fingerprint density at radius 3 is 2.71 bits per heavy atom. The summed E-state index contributed by atoms with van der Waals surface area (Å²) in [6.07, 6.45) is 1.11. The number of carboxylic acids is 1. The number of aryl methyl sites for hydroxylation is 1. The Bertz CT molecular complexity index is 571. The van der Waals surface area contributed by atoms with Crippen LogP contribution in [0.25, 0.3) is 11.3 Å². The molecule has 1 heterocycles. The lowest BCUT2D eigenvalue weighted by Crippen LogP contribution is -2.03. The van der Waals surface area contributed by atoms with Crippen molar-refractivity contribution in [2.45, 2.75) is 6.92 Å². The number of hydrogen-bond donors (Lipinski definition) is 1. The number of nitrogens with zero attached hydrogens (tertiary/aromatic N) is 2. The Hall–Kier alpha value is -2.17. The van der Waals surface area contributed by atoms with E-state index in [2.05, 4.69) is 5.10 Å². The van der Waals surface area contributed by atoms with Crippen LogP contribution < -0.4 is 0 Å². The highest BCUT2D eigenvalue weighted by Gasteiger charge is 2.16. The van der Waals surface area contributed by atoms with Crippen LogP contribution in [0.1, 0.15) is 15.9 Å². The van der Waals surface area contributed by atoms with Crippen molar-refractivity contribution in [2.24, 2.45) is 7.05 Å². The third-order valence-corrected chi connectivity index (χ3v) is 2.71. The number of halogens is 1. The monoisotopic (exact) mass is 234 g/mol. The van der Waals surface area contributed by atoms with Crippen molar-refractivity contribution in [3.05, 3.63) is 41.3 Å². The minimum atomic E-state index is -1.02. The van der Waals surface area contributed by atoms with E-state index in [0.29, 0.717) is 16.8 Å². The molecule has 0 fully saturated rings. The zero-order valence-corrected chi connectivity index (χ0v) is 9.44. The molecule has 0 aliphatic rings. The Kier molecular flexibility index (Phi) is 2.67. The first kappa shape index (κ1) is 11.3. The molecule has 0 saturated carbocycles. The van der Waals surface area contributed by atoms with Crippen LogP contribution in [-0.4, -0.2) is 20.9 Å². The minimum Gasteiger partial charge on any atom is -0.478 e. The predicted octanol–water partition coefficient (Wildman–Crippen LogP) is 2.23. The van der Waals surface area contributed by atoms with Crippen LogP contribution in [0.3, 0.4) is 0 Å². The molecule has 0 unspecified atom stereocenters. The van der Waals surface area contributed by atoms with Gasteiger partial charge in [-0.15, -0.1) is 0 Å². The van der Waals surface area contributed by atoms with Crippen molar-refractivity contribution in [1.82, 2.24) is 9.78 Å². The van der Waals surface area contributed by atoms with Gasteiger partial charge in [-0.3, -0.25) is 4.68 Å². The number of hydrogen-bond acceptors (Lipinski definition) is 2. The van der Waals surface area contributed by atoms with Crippen molar-refractivity contribution in [2.75, 3.05) is 0 Å². The molecule has 1 N–H and O–H groups in total. The molecule has 0 amide bonds. The highest BCUT2D eigenvalue weighted by Crippen LogP contribution is 2.27. The van der Waals surface area contributed by atoms with Gasteiger partial charge in [0.15, 0.2) is 5.82 Å². The molecule has 17 heavy (non-hydrogen) atoms. The van der Waals surface area contributed by atoms with Gasteiger partial charge in [-0.25, -0.2) is 9.18 Å². The maximum Gasteiger partial charge on any atom is 0.335 e. The first-order valence-corrected chi connectivity index (χ1v) is 5.03. The van der Waals surface area contributed by atoms with Gasteiger partial charge in [-0.1, -0.05) is 12.1 Å². The fourth-order valence-electron chi connectivity index (χ4n) is 1.84. The lowest BCUT2D eigenvalue weighted by molar-refractivity contribution is 0.0696. The molecule has 88 valence electrons. The summed E-state index contributed by atoms with van der Waals surface area (Å²) in [6.45, 7) is 1.66. The fourth-order valence-corrected chi connectivity index (χ4v) is 1.84. The van der Waals surface area contributed by atoms with Gasteiger partial charge >= 0.3 is 5.97 Å². The minimum absolute atomic E-state index is 0.170. The van der Waals surface area contributed by atoms with Crippen molar-refractivity contribution in [3.63, 3.8) is 0 Å². The molecule has 0 spiro atoms. The standard InChI is InChI=1S/C12H11FN2O2/c1-7-8(4-3-5-9(7)12(16)17)11-10(13)6-14-15(11)2/h3-6H,1-2H3,(H,16,17). The summed E-state index contributed by atoms with van der Waals surface area (Å²) in [5, 5.41) is 12.8. The molecular weight excluding hydrogens is 223 g/mol. The van der Waals surface area contributed by atoms with E-state index in [-0.39, 0.29) is 5.56 Å². The summed E-state index contributed by atoms with van der Waals surface area (Å²) in [7, 11) is 1.62. The Morgan fingerprint density at radius 1 is 1.47 bits per heavy atom. The molecule has 2 rings (SSSR count). The Morgan fingerprint density at radius 2 is 2.18 bits per heavy atom. The van der Waals surface area contributed by atoms with Crippen LogP contribution in [-0.2, 0) is 7.05 Å². The van der Waals surface area contributed by atoms with Crippen molar-refractivity contribution < 1.29 is 14.3 Å². The Labute approximate surface area is 97.3 Å². The third-order valence-electron chi connectivity index (χ3n) is 2.71. The van der Waals surface area contributed by atoms with Gasteiger partial charge in [0.2, 0.25) is 0 Å². The lowest BCUT2D eigenvalue weighted by Gasteiger charge is -2.09. The normalized spacial score (nSPS) is 10.5. The average Bonchev–Trinajstić information content (AvgIpc) is 2.59. The van der Waals surface area contributed by atoms with Gasteiger partial charge < -0.3 is 5.11 Å². The second kappa shape index (κ2) is 4.01. The van der Waals surface area contributed by atoms with Gasteiger partial charge in [0.05, 0.1) is 11.8 Å². The SMILES string of the molecule is Cc1c(C(=O)O)cccc1-c1c(F)cnn1C.